The Bertz CT molecular complexity index is 1330. The number of thioether (sulfide) groups is 1. The van der Waals surface area contributed by atoms with Crippen molar-refractivity contribution < 1.29 is 0 Å². The van der Waals surface area contributed by atoms with Crippen LogP contribution in [-0.2, 0) is 5.75 Å². The third-order valence-corrected chi connectivity index (χ3v) is 8.07. The molecule has 0 amide bonds. The molecule has 0 spiro atoms. The number of fused-ring (bicyclic) bond motifs is 1. The number of aromatic nitrogens is 3. The Morgan fingerprint density at radius 3 is 2.57 bits per heavy atom. The zero-order valence-electron chi connectivity index (χ0n) is 15.4. The van der Waals surface area contributed by atoms with Crippen molar-refractivity contribution in [1.82, 2.24) is 14.6 Å². The van der Waals surface area contributed by atoms with E-state index >= 15 is 0 Å². The maximum absolute atomic E-state index is 6.28. The molecule has 0 fully saturated rings. The minimum absolute atomic E-state index is 0.584. The summed E-state index contributed by atoms with van der Waals surface area (Å²) in [4.78, 5) is 0. The third-order valence-electron chi connectivity index (χ3n) is 4.54. The quantitative estimate of drug-likeness (QED) is 0.235. The smallest absolute Gasteiger partial charge is 0.174 e. The molecule has 0 aliphatic rings. The summed E-state index contributed by atoms with van der Waals surface area (Å²) >= 11 is 17.0. The van der Waals surface area contributed by atoms with Crippen LogP contribution in [0, 0.1) is 0 Å². The predicted molar refractivity (Wildman–Crippen MR) is 130 cm³/mol. The van der Waals surface area contributed by atoms with Crippen LogP contribution in [0.15, 0.2) is 71.1 Å². The number of halogens is 2. The number of nitrogens with zero attached hydrogens (tertiary/aromatic N) is 3. The van der Waals surface area contributed by atoms with E-state index in [1.54, 1.807) is 17.8 Å². The van der Waals surface area contributed by atoms with Gasteiger partial charge in [0.1, 0.15) is 5.01 Å². The van der Waals surface area contributed by atoms with Crippen molar-refractivity contribution in [2.24, 2.45) is 0 Å². The molecule has 0 radical (unpaired) electrons. The molecule has 5 aromatic rings. The third kappa shape index (κ3) is 4.11. The highest BCUT2D eigenvalue weighted by molar-refractivity contribution is 8.00. The van der Waals surface area contributed by atoms with Crippen LogP contribution in [-0.4, -0.2) is 14.6 Å². The van der Waals surface area contributed by atoms with Gasteiger partial charge in [0, 0.05) is 27.3 Å². The lowest BCUT2D eigenvalue weighted by molar-refractivity contribution is 1.01. The van der Waals surface area contributed by atoms with E-state index in [-0.39, 0.29) is 0 Å². The minimum Gasteiger partial charge on any atom is -0.191 e. The van der Waals surface area contributed by atoms with Gasteiger partial charge in [-0.3, -0.25) is 0 Å². The van der Waals surface area contributed by atoms with Crippen LogP contribution in [0.5, 0.6) is 0 Å². The van der Waals surface area contributed by atoms with Gasteiger partial charge >= 0.3 is 0 Å². The van der Waals surface area contributed by atoms with Crippen molar-refractivity contribution in [3.63, 3.8) is 0 Å². The summed E-state index contributed by atoms with van der Waals surface area (Å²) in [6.45, 7) is 0. The molecule has 148 valence electrons. The van der Waals surface area contributed by atoms with Gasteiger partial charge in [-0.2, -0.15) is 4.37 Å². The van der Waals surface area contributed by atoms with E-state index in [0.717, 1.165) is 31.9 Å². The van der Waals surface area contributed by atoms with Gasteiger partial charge in [-0.05, 0) is 41.4 Å². The van der Waals surface area contributed by atoms with E-state index in [9.17, 15) is 0 Å². The second-order valence-corrected chi connectivity index (χ2v) is 10.4. The average Bonchev–Trinajstić information content (AvgIpc) is 3.40. The van der Waals surface area contributed by atoms with Crippen LogP contribution in [0.4, 0.5) is 0 Å². The fraction of sp³-hybridized carbons (Fsp3) is 0.0455. The molecule has 0 saturated heterocycles. The van der Waals surface area contributed by atoms with Crippen molar-refractivity contribution in [1.29, 1.82) is 0 Å². The van der Waals surface area contributed by atoms with Gasteiger partial charge in [0.05, 0.1) is 15.4 Å². The minimum atomic E-state index is 0.584. The molecule has 3 nitrogen and oxygen atoms in total. The molecule has 0 N–H and O–H groups in total. The van der Waals surface area contributed by atoms with Gasteiger partial charge < -0.3 is 0 Å². The summed E-state index contributed by atoms with van der Waals surface area (Å²) in [6, 6.07) is 22.3. The molecule has 0 aliphatic heterocycles. The Morgan fingerprint density at radius 2 is 1.73 bits per heavy atom. The lowest BCUT2D eigenvalue weighted by Crippen LogP contribution is -1.83. The summed E-state index contributed by atoms with van der Waals surface area (Å²) in [5, 5.41) is 11.8. The fourth-order valence-corrected chi connectivity index (χ4v) is 6.23. The van der Waals surface area contributed by atoms with Crippen LogP contribution in [0.25, 0.3) is 31.9 Å². The lowest BCUT2D eigenvalue weighted by atomic mass is 10.1. The first kappa shape index (κ1) is 20.0. The van der Waals surface area contributed by atoms with Crippen LogP contribution in [0.3, 0.4) is 0 Å². The van der Waals surface area contributed by atoms with Crippen LogP contribution >= 0.6 is 57.8 Å². The van der Waals surface area contributed by atoms with Gasteiger partial charge in [-0.25, -0.2) is 0 Å². The first-order valence-corrected chi connectivity index (χ1v) is 12.4. The maximum Gasteiger partial charge on any atom is 0.174 e. The molecule has 2 heterocycles. The molecule has 3 aromatic carbocycles. The molecular formula is C22H13Cl2N3S3. The normalized spacial score (nSPS) is 11.3. The van der Waals surface area contributed by atoms with Crippen LogP contribution in [0.1, 0.15) is 5.56 Å². The fourth-order valence-electron chi connectivity index (χ4n) is 3.04. The Hall–Kier alpha value is -1.96. The van der Waals surface area contributed by atoms with Crippen molar-refractivity contribution in [3.05, 3.63) is 82.3 Å². The van der Waals surface area contributed by atoms with Gasteiger partial charge in [0.25, 0.3) is 0 Å². The second-order valence-electron chi connectivity index (χ2n) is 6.51. The summed E-state index contributed by atoms with van der Waals surface area (Å²) in [6.07, 6.45) is 0. The van der Waals surface area contributed by atoms with Crippen molar-refractivity contribution in [3.8, 4) is 21.8 Å². The van der Waals surface area contributed by atoms with Crippen LogP contribution in [0.2, 0.25) is 10.0 Å². The first-order chi connectivity index (χ1) is 14.7. The Kier molecular flexibility index (Phi) is 5.76. The second kappa shape index (κ2) is 8.65. The monoisotopic (exact) mass is 485 g/mol. The van der Waals surface area contributed by atoms with E-state index in [1.807, 2.05) is 18.2 Å². The molecule has 0 bridgehead atoms. The standard InChI is InChI=1S/C22H13Cl2N3S3/c23-15-9-10-16(18(24)11-15)21-25-26-22(29-21)28-12-13-5-7-14(8-6-13)20-17-3-1-2-4-19(17)30-27-20/h1-11H,12H2. The van der Waals surface area contributed by atoms with Gasteiger partial charge in [0.2, 0.25) is 0 Å². The zero-order chi connectivity index (χ0) is 20.5. The highest BCUT2D eigenvalue weighted by atomic mass is 35.5. The molecule has 8 heteroatoms. The SMILES string of the molecule is Clc1ccc(-c2nnc(SCc3ccc(-c4nsc5ccccc45)cc3)s2)c(Cl)c1. The van der Waals surface area contributed by atoms with E-state index in [2.05, 4.69) is 57.0 Å². The summed E-state index contributed by atoms with van der Waals surface area (Å²) in [5.41, 5.74) is 4.26. The molecular weight excluding hydrogens is 473 g/mol. The summed E-state index contributed by atoms with van der Waals surface area (Å²) in [7, 11) is 0. The molecule has 5 rings (SSSR count). The Balaban J connectivity index is 1.29. The van der Waals surface area contributed by atoms with Crippen LogP contribution < -0.4 is 0 Å². The van der Waals surface area contributed by atoms with Gasteiger partial charge in [-0.1, -0.05) is 88.8 Å². The van der Waals surface area contributed by atoms with Gasteiger partial charge in [0.15, 0.2) is 4.34 Å². The lowest BCUT2D eigenvalue weighted by Gasteiger charge is -2.02. The highest BCUT2D eigenvalue weighted by Gasteiger charge is 2.12. The Labute approximate surface area is 195 Å². The van der Waals surface area contributed by atoms with Crippen molar-refractivity contribution in [2.75, 3.05) is 0 Å². The molecule has 0 atom stereocenters. The Morgan fingerprint density at radius 1 is 0.900 bits per heavy atom. The van der Waals surface area contributed by atoms with E-state index in [4.69, 9.17) is 23.2 Å². The summed E-state index contributed by atoms with van der Waals surface area (Å²) in [5.74, 6) is 0.821. The molecule has 0 saturated carbocycles. The number of benzene rings is 3. The molecule has 0 unspecified atom stereocenters. The van der Waals surface area contributed by atoms with Gasteiger partial charge in [-0.15, -0.1) is 10.2 Å². The maximum atomic E-state index is 6.28. The summed E-state index contributed by atoms with van der Waals surface area (Å²) < 4.78 is 6.75. The molecule has 30 heavy (non-hydrogen) atoms. The van der Waals surface area contributed by atoms with E-state index < -0.39 is 0 Å². The number of rotatable bonds is 5. The van der Waals surface area contributed by atoms with Crippen molar-refractivity contribution in [2.45, 2.75) is 10.1 Å². The average molecular weight is 486 g/mol. The predicted octanol–water partition coefficient (Wildman–Crippen LogP) is 8.08. The zero-order valence-corrected chi connectivity index (χ0v) is 19.3. The first-order valence-electron chi connectivity index (χ1n) is 9.03. The number of hydrogen-bond donors (Lipinski definition) is 0. The highest BCUT2D eigenvalue weighted by Crippen LogP contribution is 2.36. The molecule has 2 aromatic heterocycles. The largest absolute Gasteiger partial charge is 0.191 e. The topological polar surface area (TPSA) is 38.7 Å². The molecule has 0 aliphatic carbocycles. The van der Waals surface area contributed by atoms with E-state index in [0.29, 0.717) is 10.0 Å². The van der Waals surface area contributed by atoms with E-state index in [1.165, 1.54) is 38.5 Å². The van der Waals surface area contributed by atoms with Crippen molar-refractivity contribution >= 4 is 67.9 Å². The number of hydrogen-bond acceptors (Lipinski definition) is 6.